The van der Waals surface area contributed by atoms with E-state index in [0.717, 1.165) is 23.3 Å². The van der Waals surface area contributed by atoms with E-state index in [-0.39, 0.29) is 5.75 Å². The average Bonchev–Trinajstić information content (AvgIpc) is 2.94. The molecule has 3 aromatic rings. The van der Waals surface area contributed by atoms with E-state index in [9.17, 15) is 68.0 Å². The van der Waals surface area contributed by atoms with Crippen LogP contribution in [-0.4, -0.2) is 51.2 Å². The summed E-state index contributed by atoms with van der Waals surface area (Å²) >= 11 is 0. The molecule has 3 aromatic carbocycles. The second-order valence-corrected chi connectivity index (χ2v) is 12.4. The van der Waals surface area contributed by atoms with Crippen LogP contribution in [0.25, 0.3) is 5.57 Å². The number of phenols is 1. The summed E-state index contributed by atoms with van der Waals surface area (Å²) in [7, 11) is 0. The number of benzene rings is 3. The molecule has 3 nitrogen and oxygen atoms in total. The Labute approximate surface area is 267 Å². The van der Waals surface area contributed by atoms with Crippen LogP contribution in [0.4, 0.5) is 52.7 Å². The summed E-state index contributed by atoms with van der Waals surface area (Å²) < 4.78 is 162. The van der Waals surface area contributed by atoms with Gasteiger partial charge in [0, 0.05) is 17.3 Å². The fourth-order valence-corrected chi connectivity index (χ4v) is 5.07. The Kier molecular flexibility index (Phi) is 9.93. The Morgan fingerprint density at radius 3 is 1.08 bits per heavy atom. The zero-order valence-corrected chi connectivity index (χ0v) is 25.6. The lowest BCUT2D eigenvalue weighted by Gasteiger charge is -2.35. The minimum atomic E-state index is -6.63. The van der Waals surface area contributed by atoms with Crippen molar-refractivity contribution in [3.8, 4) is 5.75 Å². The van der Waals surface area contributed by atoms with E-state index in [0.29, 0.717) is 23.3 Å². The predicted octanol–water partition coefficient (Wildman–Crippen LogP) is 9.53. The predicted molar refractivity (Wildman–Crippen MR) is 152 cm³/mol. The molecule has 48 heavy (non-hydrogen) atoms. The van der Waals surface area contributed by atoms with Crippen LogP contribution in [-0.2, 0) is 10.8 Å². The summed E-state index contributed by atoms with van der Waals surface area (Å²) in [5.41, 5.74) is -13.4. The number of rotatable bonds is 8. The van der Waals surface area contributed by atoms with Crippen molar-refractivity contribution in [2.24, 2.45) is 0 Å². The van der Waals surface area contributed by atoms with E-state index in [1.807, 2.05) is 13.8 Å². The normalized spacial score (nSPS) is 14.8. The molecular weight excluding hydrogens is 672 g/mol. The van der Waals surface area contributed by atoms with E-state index in [1.54, 1.807) is 50.2 Å². The van der Waals surface area contributed by atoms with Gasteiger partial charge in [0.1, 0.15) is 5.75 Å². The quantitative estimate of drug-likeness (QED) is 0.205. The molecule has 3 rings (SSSR count). The molecule has 0 fully saturated rings. The van der Waals surface area contributed by atoms with E-state index >= 15 is 0 Å². The fourth-order valence-electron chi connectivity index (χ4n) is 5.07. The van der Waals surface area contributed by atoms with Crippen molar-refractivity contribution in [3.63, 3.8) is 0 Å². The van der Waals surface area contributed by atoms with Gasteiger partial charge in [-0.1, -0.05) is 88.4 Å². The Bertz CT molecular complexity index is 1560. The maximum absolute atomic E-state index is 13.5. The van der Waals surface area contributed by atoms with Crippen molar-refractivity contribution < 1.29 is 68.0 Å². The fraction of sp³-hybridized carbons (Fsp3) is 0.394. The van der Waals surface area contributed by atoms with Gasteiger partial charge in [0.15, 0.2) is 0 Å². The van der Waals surface area contributed by atoms with Crippen molar-refractivity contribution in [2.45, 2.75) is 80.9 Å². The molecule has 0 aliphatic carbocycles. The molecule has 0 saturated heterocycles. The lowest BCUT2D eigenvalue weighted by molar-refractivity contribution is -0.366. The summed E-state index contributed by atoms with van der Waals surface area (Å²) in [6, 6.07) is 17.2. The summed E-state index contributed by atoms with van der Waals surface area (Å²) in [5.74, 6) is 0.0769. The molecule has 0 spiro atoms. The molecule has 0 amide bonds. The van der Waals surface area contributed by atoms with Crippen LogP contribution in [0.5, 0.6) is 5.75 Å². The molecule has 0 unspecified atom stereocenters. The van der Waals surface area contributed by atoms with E-state index in [4.69, 9.17) is 0 Å². The lowest BCUT2D eigenvalue weighted by Crippen LogP contribution is -2.58. The minimum absolute atomic E-state index is 0.0769. The third-order valence-electron chi connectivity index (χ3n) is 8.53. The molecule has 0 bridgehead atoms. The number of hydrogen-bond donors (Lipinski definition) is 3. The molecule has 0 aliphatic heterocycles. The highest BCUT2D eigenvalue weighted by Gasteiger charge is 2.72. The van der Waals surface area contributed by atoms with Crippen LogP contribution in [0.3, 0.4) is 0 Å². The number of hydrogen-bond acceptors (Lipinski definition) is 3. The minimum Gasteiger partial charge on any atom is -0.508 e. The first-order chi connectivity index (χ1) is 21.5. The molecule has 3 N–H and O–H groups in total. The molecular formula is C33H30F12O3. The van der Waals surface area contributed by atoms with Crippen molar-refractivity contribution in [2.75, 3.05) is 0 Å². The SMILES string of the molecule is CC(C)(c1ccc(O)cc1)c1ccc(C(C)(C)c2ccc(/C(=C/C(O)(C(F)(F)F)C(F)(F)F)CC(O)(C(F)(F)F)C(F)(F)F)cc2)cc1. The van der Waals surface area contributed by atoms with Gasteiger partial charge in [-0.25, -0.2) is 0 Å². The van der Waals surface area contributed by atoms with E-state index in [2.05, 4.69) is 0 Å². The molecule has 0 atom stereocenters. The molecule has 15 heteroatoms. The number of halogens is 12. The summed E-state index contributed by atoms with van der Waals surface area (Å²) in [5, 5.41) is 28.9. The Morgan fingerprint density at radius 2 is 0.792 bits per heavy atom. The van der Waals surface area contributed by atoms with Crippen LogP contribution in [0, 0.1) is 0 Å². The molecule has 0 heterocycles. The topological polar surface area (TPSA) is 60.7 Å². The summed E-state index contributed by atoms with van der Waals surface area (Å²) in [6.45, 7) is 7.19. The second kappa shape index (κ2) is 12.3. The highest BCUT2D eigenvalue weighted by molar-refractivity contribution is 5.69. The average molecular weight is 703 g/mol. The monoisotopic (exact) mass is 702 g/mol. The van der Waals surface area contributed by atoms with Gasteiger partial charge < -0.3 is 15.3 Å². The van der Waals surface area contributed by atoms with Crippen molar-refractivity contribution >= 4 is 5.57 Å². The van der Waals surface area contributed by atoms with Crippen LogP contribution < -0.4 is 0 Å². The summed E-state index contributed by atoms with van der Waals surface area (Å²) in [6.07, 6.45) is -30.5. The maximum atomic E-state index is 13.5. The first kappa shape index (κ1) is 38.7. The Morgan fingerprint density at radius 1 is 0.500 bits per heavy atom. The van der Waals surface area contributed by atoms with Crippen LogP contribution in [0.1, 0.15) is 61.9 Å². The zero-order chi connectivity index (χ0) is 36.9. The summed E-state index contributed by atoms with van der Waals surface area (Å²) in [4.78, 5) is 0. The Balaban J connectivity index is 2.11. The largest absolute Gasteiger partial charge is 0.508 e. The molecule has 0 saturated carbocycles. The lowest BCUT2D eigenvalue weighted by atomic mass is 9.74. The van der Waals surface area contributed by atoms with Gasteiger partial charge in [0.2, 0.25) is 0 Å². The zero-order valence-electron chi connectivity index (χ0n) is 25.6. The van der Waals surface area contributed by atoms with Crippen LogP contribution in [0.15, 0.2) is 78.9 Å². The number of aliphatic hydroxyl groups is 2. The van der Waals surface area contributed by atoms with Gasteiger partial charge in [0.05, 0.1) is 0 Å². The molecule has 0 aromatic heterocycles. The highest BCUT2D eigenvalue weighted by atomic mass is 19.4. The van der Waals surface area contributed by atoms with Crippen LogP contribution >= 0.6 is 0 Å². The van der Waals surface area contributed by atoms with Gasteiger partial charge in [-0.3, -0.25) is 0 Å². The molecule has 0 radical (unpaired) electrons. The smallest absolute Gasteiger partial charge is 0.430 e. The number of aromatic hydroxyl groups is 1. The highest BCUT2D eigenvalue weighted by Crippen LogP contribution is 2.51. The van der Waals surface area contributed by atoms with Crippen molar-refractivity contribution in [1.29, 1.82) is 0 Å². The second-order valence-electron chi connectivity index (χ2n) is 12.4. The molecule has 0 aliphatic rings. The van der Waals surface area contributed by atoms with Gasteiger partial charge in [-0.15, -0.1) is 0 Å². The Hall–Kier alpha value is -3.72. The van der Waals surface area contributed by atoms with E-state index in [1.165, 1.54) is 12.1 Å². The first-order valence-electron chi connectivity index (χ1n) is 13.9. The first-order valence-corrected chi connectivity index (χ1v) is 13.9. The van der Waals surface area contributed by atoms with Gasteiger partial charge >= 0.3 is 24.7 Å². The van der Waals surface area contributed by atoms with Crippen molar-refractivity contribution in [1.82, 2.24) is 0 Å². The van der Waals surface area contributed by atoms with Gasteiger partial charge in [0.25, 0.3) is 11.2 Å². The van der Waals surface area contributed by atoms with Crippen molar-refractivity contribution in [3.05, 3.63) is 107 Å². The maximum Gasteiger partial charge on any atom is 0.430 e. The third-order valence-corrected chi connectivity index (χ3v) is 8.53. The van der Waals surface area contributed by atoms with Gasteiger partial charge in [-0.05, 0) is 51.6 Å². The van der Waals surface area contributed by atoms with Gasteiger partial charge in [-0.2, -0.15) is 52.7 Å². The molecule has 264 valence electrons. The number of phenolic OH excluding ortho intramolecular Hbond substituents is 1. The van der Waals surface area contributed by atoms with E-state index < -0.39 is 70.4 Å². The van der Waals surface area contributed by atoms with Crippen LogP contribution in [0.2, 0.25) is 0 Å². The standard InChI is InChI=1S/C33H30F12O3/c1-26(2,22-9-11-23(12-10-22)27(3,4)24-13-15-25(46)16-14-24)21-7-5-19(6-8-21)20(17-28(47,30(34,35)36)31(37,38)39)18-29(48,32(40,41)42)33(43,44)45/h5-17,46-48H,18H2,1-4H3/b20-17+. The number of alkyl halides is 12. The third kappa shape index (κ3) is 7.16.